The minimum absolute atomic E-state index is 0.723. The van der Waals surface area contributed by atoms with E-state index in [1.54, 1.807) is 6.33 Å². The zero-order chi connectivity index (χ0) is 14.1. The van der Waals surface area contributed by atoms with Crippen LogP contribution in [0.15, 0.2) is 22.9 Å². The highest BCUT2D eigenvalue weighted by Crippen LogP contribution is 2.25. The molecule has 0 atom stereocenters. The molecule has 0 bridgehead atoms. The number of aromatic nitrogens is 2. The van der Waals surface area contributed by atoms with Gasteiger partial charge in [0.15, 0.2) is 0 Å². The highest BCUT2D eigenvalue weighted by atomic mass is 16.3. The minimum Gasteiger partial charge on any atom is -0.464 e. The van der Waals surface area contributed by atoms with Gasteiger partial charge in [-0.05, 0) is 26.1 Å². The second-order valence-electron chi connectivity index (χ2n) is 5.48. The van der Waals surface area contributed by atoms with Gasteiger partial charge in [-0.3, -0.25) is 0 Å². The molecule has 5 nitrogen and oxygen atoms in total. The van der Waals surface area contributed by atoms with Crippen LogP contribution in [0.3, 0.4) is 0 Å². The maximum Gasteiger partial charge on any atom is 0.136 e. The Morgan fingerprint density at radius 3 is 2.95 bits per heavy atom. The van der Waals surface area contributed by atoms with E-state index < -0.39 is 0 Å². The molecule has 3 rings (SSSR count). The van der Waals surface area contributed by atoms with Gasteiger partial charge in [0.2, 0.25) is 0 Å². The molecule has 106 valence electrons. The molecule has 0 amide bonds. The van der Waals surface area contributed by atoms with Gasteiger partial charge in [0.1, 0.15) is 23.7 Å². The summed E-state index contributed by atoms with van der Waals surface area (Å²) in [6.45, 7) is 4.66. The molecule has 1 aliphatic rings. The van der Waals surface area contributed by atoms with Crippen LogP contribution in [-0.2, 0) is 19.5 Å². The summed E-state index contributed by atoms with van der Waals surface area (Å²) in [5, 5.41) is 0. The van der Waals surface area contributed by atoms with E-state index in [0.29, 0.717) is 0 Å². The molecule has 0 fully saturated rings. The van der Waals surface area contributed by atoms with Crippen molar-refractivity contribution in [2.45, 2.75) is 26.4 Å². The Labute approximate surface area is 119 Å². The zero-order valence-corrected chi connectivity index (χ0v) is 12.3. The average Bonchev–Trinajstić information content (AvgIpc) is 2.83. The van der Waals surface area contributed by atoms with Crippen molar-refractivity contribution in [3.05, 3.63) is 41.2 Å². The number of nitrogens with zero attached hydrogens (tertiary/aromatic N) is 4. The molecule has 2 aromatic rings. The average molecular weight is 272 g/mol. The molecule has 0 aromatic carbocycles. The topological polar surface area (TPSA) is 45.4 Å². The van der Waals surface area contributed by atoms with Crippen molar-refractivity contribution in [3.63, 3.8) is 0 Å². The molecule has 0 aliphatic carbocycles. The molecule has 0 saturated heterocycles. The standard InChI is InChI=1S/C15H20N4O/c1-11-4-5-12(20-11)8-19(3)15-13-9-18(2)7-6-14(13)16-10-17-15/h4-5,10H,6-9H2,1-3H3. The first-order valence-corrected chi connectivity index (χ1v) is 6.91. The Morgan fingerprint density at radius 2 is 2.20 bits per heavy atom. The van der Waals surface area contributed by atoms with Crippen LogP contribution in [0.25, 0.3) is 0 Å². The number of anilines is 1. The number of hydrogen-bond acceptors (Lipinski definition) is 5. The molecule has 5 heteroatoms. The maximum atomic E-state index is 5.65. The van der Waals surface area contributed by atoms with E-state index in [1.807, 2.05) is 19.1 Å². The Kier molecular flexibility index (Phi) is 3.44. The second-order valence-corrected chi connectivity index (χ2v) is 5.48. The predicted octanol–water partition coefficient (Wildman–Crippen LogP) is 2.00. The van der Waals surface area contributed by atoms with Crippen LogP contribution in [0.2, 0.25) is 0 Å². The fourth-order valence-electron chi connectivity index (χ4n) is 2.67. The lowest BCUT2D eigenvalue weighted by Gasteiger charge is -2.28. The summed E-state index contributed by atoms with van der Waals surface area (Å²) in [5.74, 6) is 2.91. The molecular formula is C15H20N4O. The third kappa shape index (κ3) is 2.54. The third-order valence-electron chi connectivity index (χ3n) is 3.72. The van der Waals surface area contributed by atoms with Crippen LogP contribution in [0.5, 0.6) is 0 Å². The largest absolute Gasteiger partial charge is 0.464 e. The molecule has 0 unspecified atom stereocenters. The molecular weight excluding hydrogens is 252 g/mol. The van der Waals surface area contributed by atoms with Gasteiger partial charge in [0.05, 0.1) is 12.2 Å². The van der Waals surface area contributed by atoms with Crippen molar-refractivity contribution in [3.8, 4) is 0 Å². The van der Waals surface area contributed by atoms with Gasteiger partial charge in [0.25, 0.3) is 0 Å². The summed E-state index contributed by atoms with van der Waals surface area (Å²) in [7, 11) is 4.19. The monoisotopic (exact) mass is 272 g/mol. The number of hydrogen-bond donors (Lipinski definition) is 0. The van der Waals surface area contributed by atoms with Crippen LogP contribution >= 0.6 is 0 Å². The van der Waals surface area contributed by atoms with Crippen LogP contribution in [-0.4, -0.2) is 35.5 Å². The minimum atomic E-state index is 0.723. The lowest BCUT2D eigenvalue weighted by molar-refractivity contribution is 0.309. The highest BCUT2D eigenvalue weighted by Gasteiger charge is 2.21. The van der Waals surface area contributed by atoms with Gasteiger partial charge < -0.3 is 14.2 Å². The Bertz CT molecular complexity index is 608. The maximum absolute atomic E-state index is 5.65. The summed E-state index contributed by atoms with van der Waals surface area (Å²) >= 11 is 0. The van der Waals surface area contributed by atoms with Crippen molar-refractivity contribution in [2.75, 3.05) is 25.5 Å². The Morgan fingerprint density at radius 1 is 1.35 bits per heavy atom. The molecule has 0 N–H and O–H groups in total. The van der Waals surface area contributed by atoms with Crippen molar-refractivity contribution < 1.29 is 4.42 Å². The van der Waals surface area contributed by atoms with Gasteiger partial charge in [0, 0.05) is 32.1 Å². The van der Waals surface area contributed by atoms with Crippen LogP contribution in [0.4, 0.5) is 5.82 Å². The predicted molar refractivity (Wildman–Crippen MR) is 77.6 cm³/mol. The molecule has 3 heterocycles. The van der Waals surface area contributed by atoms with Crippen molar-refractivity contribution in [2.24, 2.45) is 0 Å². The zero-order valence-electron chi connectivity index (χ0n) is 12.3. The van der Waals surface area contributed by atoms with Crippen molar-refractivity contribution in [1.82, 2.24) is 14.9 Å². The molecule has 0 saturated carbocycles. The molecule has 1 aliphatic heterocycles. The van der Waals surface area contributed by atoms with Gasteiger partial charge in [-0.25, -0.2) is 9.97 Å². The van der Waals surface area contributed by atoms with Gasteiger partial charge >= 0.3 is 0 Å². The van der Waals surface area contributed by atoms with Crippen LogP contribution in [0.1, 0.15) is 22.8 Å². The lowest BCUT2D eigenvalue weighted by Crippen LogP contribution is -2.30. The quantitative estimate of drug-likeness (QED) is 0.855. The summed E-state index contributed by atoms with van der Waals surface area (Å²) in [6.07, 6.45) is 2.67. The molecule has 0 radical (unpaired) electrons. The SMILES string of the molecule is Cc1ccc(CN(C)c2ncnc3c2CN(C)CC3)o1. The van der Waals surface area contributed by atoms with E-state index in [1.165, 1.54) is 11.3 Å². The normalized spacial score (nSPS) is 15.2. The van der Waals surface area contributed by atoms with Crippen molar-refractivity contribution >= 4 is 5.82 Å². The van der Waals surface area contributed by atoms with E-state index in [0.717, 1.165) is 43.4 Å². The van der Waals surface area contributed by atoms with E-state index in [2.05, 4.69) is 33.9 Å². The smallest absolute Gasteiger partial charge is 0.136 e. The summed E-state index contributed by atoms with van der Waals surface area (Å²) < 4.78 is 5.65. The van der Waals surface area contributed by atoms with Crippen LogP contribution < -0.4 is 4.90 Å². The summed E-state index contributed by atoms with van der Waals surface area (Å²) in [5.41, 5.74) is 2.42. The number of fused-ring (bicyclic) bond motifs is 1. The fourth-order valence-corrected chi connectivity index (χ4v) is 2.67. The van der Waals surface area contributed by atoms with E-state index in [-0.39, 0.29) is 0 Å². The van der Waals surface area contributed by atoms with Gasteiger partial charge in [-0.2, -0.15) is 0 Å². The lowest BCUT2D eigenvalue weighted by atomic mass is 10.1. The molecule has 2 aromatic heterocycles. The second kappa shape index (κ2) is 5.25. The van der Waals surface area contributed by atoms with Gasteiger partial charge in [-0.1, -0.05) is 0 Å². The number of likely N-dealkylation sites (N-methyl/N-ethyl adjacent to an activating group) is 1. The summed E-state index contributed by atoms with van der Waals surface area (Å²) in [6, 6.07) is 4.01. The van der Waals surface area contributed by atoms with Gasteiger partial charge in [-0.15, -0.1) is 0 Å². The van der Waals surface area contributed by atoms with Crippen molar-refractivity contribution in [1.29, 1.82) is 0 Å². The first-order chi connectivity index (χ1) is 9.63. The Balaban J connectivity index is 1.86. The molecule has 20 heavy (non-hydrogen) atoms. The number of aryl methyl sites for hydroxylation is 1. The van der Waals surface area contributed by atoms with Crippen LogP contribution in [0, 0.1) is 6.92 Å². The Hall–Kier alpha value is -1.88. The first kappa shape index (κ1) is 13.1. The highest BCUT2D eigenvalue weighted by molar-refractivity contribution is 5.49. The molecule has 0 spiro atoms. The van der Waals surface area contributed by atoms with E-state index in [9.17, 15) is 0 Å². The first-order valence-electron chi connectivity index (χ1n) is 6.91. The number of rotatable bonds is 3. The van der Waals surface area contributed by atoms with E-state index in [4.69, 9.17) is 4.42 Å². The fraction of sp³-hybridized carbons (Fsp3) is 0.467. The van der Waals surface area contributed by atoms with E-state index >= 15 is 0 Å². The number of furan rings is 1. The third-order valence-corrected chi connectivity index (χ3v) is 3.72. The summed E-state index contributed by atoms with van der Waals surface area (Å²) in [4.78, 5) is 13.3.